The third kappa shape index (κ3) is 3.97. The van der Waals surface area contributed by atoms with E-state index >= 15 is 0 Å². The zero-order valence-electron chi connectivity index (χ0n) is 13.1. The van der Waals surface area contributed by atoms with Crippen LogP contribution in [-0.2, 0) is 16.0 Å². The summed E-state index contributed by atoms with van der Waals surface area (Å²) < 4.78 is 11.2. The highest BCUT2D eigenvalue weighted by Crippen LogP contribution is 2.24. The summed E-state index contributed by atoms with van der Waals surface area (Å²) in [5.74, 6) is 0. The van der Waals surface area contributed by atoms with Crippen LogP contribution in [0.15, 0.2) is 18.5 Å². The van der Waals surface area contributed by atoms with E-state index in [9.17, 15) is 0 Å². The Bertz CT molecular complexity index is 488. The van der Waals surface area contributed by atoms with Crippen LogP contribution in [0.3, 0.4) is 0 Å². The lowest BCUT2D eigenvalue weighted by Crippen LogP contribution is -2.60. The van der Waals surface area contributed by atoms with Crippen molar-refractivity contribution in [2.24, 2.45) is 0 Å². The molecule has 1 aromatic rings. The standard InChI is InChI=1S/C16H24ClN3O2/c1-21-6-4-20-5-7-22-16-2-3-19(12-15(16)20)11-13-8-14(17)10-18-9-13/h8-10,15-16H,2-7,11-12H2,1H3/t15-,16-/m0/s1. The number of fused-ring (bicyclic) bond motifs is 1. The van der Waals surface area contributed by atoms with Gasteiger partial charge in [0.25, 0.3) is 0 Å². The SMILES string of the molecule is COCCN1CCO[C@H]2CCN(Cc3cncc(Cl)c3)C[C@@H]21. The highest BCUT2D eigenvalue weighted by Gasteiger charge is 2.36. The maximum absolute atomic E-state index is 6.03. The van der Waals surface area contributed by atoms with Crippen LogP contribution in [0.25, 0.3) is 0 Å². The van der Waals surface area contributed by atoms with Crippen LogP contribution in [0.1, 0.15) is 12.0 Å². The van der Waals surface area contributed by atoms with Gasteiger partial charge in [0.1, 0.15) is 0 Å². The third-order valence-electron chi connectivity index (χ3n) is 4.53. The van der Waals surface area contributed by atoms with E-state index in [1.807, 2.05) is 12.3 Å². The first-order valence-electron chi connectivity index (χ1n) is 7.92. The van der Waals surface area contributed by atoms with Crippen molar-refractivity contribution in [3.63, 3.8) is 0 Å². The molecule has 122 valence electrons. The summed E-state index contributed by atoms with van der Waals surface area (Å²) in [7, 11) is 1.76. The average Bonchev–Trinajstić information content (AvgIpc) is 2.53. The molecule has 0 N–H and O–H groups in total. The zero-order valence-corrected chi connectivity index (χ0v) is 13.8. The number of halogens is 1. The predicted molar refractivity (Wildman–Crippen MR) is 86.1 cm³/mol. The van der Waals surface area contributed by atoms with Crippen LogP contribution in [0.5, 0.6) is 0 Å². The molecule has 0 unspecified atom stereocenters. The van der Waals surface area contributed by atoms with E-state index in [-0.39, 0.29) is 0 Å². The van der Waals surface area contributed by atoms with Gasteiger partial charge < -0.3 is 9.47 Å². The summed E-state index contributed by atoms with van der Waals surface area (Å²) in [6.45, 7) is 6.58. The van der Waals surface area contributed by atoms with Crippen molar-refractivity contribution in [2.45, 2.75) is 25.1 Å². The van der Waals surface area contributed by atoms with Crippen molar-refractivity contribution in [2.75, 3.05) is 46.5 Å². The molecule has 2 aliphatic rings. The van der Waals surface area contributed by atoms with Gasteiger partial charge in [0.2, 0.25) is 0 Å². The van der Waals surface area contributed by atoms with Crippen LogP contribution in [0.2, 0.25) is 5.02 Å². The van der Waals surface area contributed by atoms with E-state index in [1.165, 1.54) is 5.56 Å². The number of aromatic nitrogens is 1. The van der Waals surface area contributed by atoms with Gasteiger partial charge in [-0.15, -0.1) is 0 Å². The molecule has 0 amide bonds. The Hall–Kier alpha value is -0.720. The summed E-state index contributed by atoms with van der Waals surface area (Å²) in [6, 6.07) is 2.46. The lowest BCUT2D eigenvalue weighted by atomic mass is 9.98. The lowest BCUT2D eigenvalue weighted by molar-refractivity contribution is -0.107. The number of pyridine rings is 1. The Labute approximate surface area is 137 Å². The quantitative estimate of drug-likeness (QED) is 0.823. The number of hydrogen-bond acceptors (Lipinski definition) is 5. The van der Waals surface area contributed by atoms with Crippen LogP contribution >= 0.6 is 11.6 Å². The minimum Gasteiger partial charge on any atom is -0.383 e. The molecule has 0 bridgehead atoms. The molecule has 0 saturated carbocycles. The molecule has 2 atom stereocenters. The Balaban J connectivity index is 1.61. The van der Waals surface area contributed by atoms with Crippen LogP contribution in [0.4, 0.5) is 0 Å². The fourth-order valence-corrected chi connectivity index (χ4v) is 3.63. The molecule has 0 aromatic carbocycles. The second kappa shape index (κ2) is 7.70. The van der Waals surface area contributed by atoms with Gasteiger partial charge in [-0.3, -0.25) is 14.8 Å². The van der Waals surface area contributed by atoms with Gasteiger partial charge in [0.05, 0.1) is 24.3 Å². The van der Waals surface area contributed by atoms with Gasteiger partial charge >= 0.3 is 0 Å². The van der Waals surface area contributed by atoms with E-state index in [0.29, 0.717) is 17.2 Å². The molecular formula is C16H24ClN3O2. The molecule has 5 nitrogen and oxygen atoms in total. The number of hydrogen-bond donors (Lipinski definition) is 0. The van der Waals surface area contributed by atoms with Crippen molar-refractivity contribution >= 4 is 11.6 Å². The lowest BCUT2D eigenvalue weighted by Gasteiger charge is -2.47. The largest absolute Gasteiger partial charge is 0.383 e. The Morgan fingerprint density at radius 1 is 1.41 bits per heavy atom. The predicted octanol–water partition coefficient (Wildman–Crippen LogP) is 1.66. The number of morpholine rings is 1. The second-order valence-electron chi connectivity index (χ2n) is 6.04. The zero-order chi connectivity index (χ0) is 15.4. The first-order valence-corrected chi connectivity index (χ1v) is 8.30. The first-order chi connectivity index (χ1) is 10.8. The number of likely N-dealkylation sites (tertiary alicyclic amines) is 1. The highest BCUT2D eigenvalue weighted by molar-refractivity contribution is 6.30. The number of rotatable bonds is 5. The van der Waals surface area contributed by atoms with E-state index in [0.717, 1.165) is 52.4 Å². The minimum absolute atomic E-state index is 0.361. The summed E-state index contributed by atoms with van der Waals surface area (Å²) >= 11 is 6.03. The van der Waals surface area contributed by atoms with E-state index in [4.69, 9.17) is 21.1 Å². The van der Waals surface area contributed by atoms with Gasteiger partial charge in [0, 0.05) is 58.3 Å². The molecule has 2 fully saturated rings. The molecule has 22 heavy (non-hydrogen) atoms. The van der Waals surface area contributed by atoms with E-state index in [1.54, 1.807) is 13.3 Å². The topological polar surface area (TPSA) is 37.8 Å². The first kappa shape index (κ1) is 16.1. The monoisotopic (exact) mass is 325 g/mol. The number of nitrogens with zero attached hydrogens (tertiary/aromatic N) is 3. The summed E-state index contributed by atoms with van der Waals surface area (Å²) in [5.41, 5.74) is 1.17. The van der Waals surface area contributed by atoms with E-state index < -0.39 is 0 Å². The maximum Gasteiger partial charge on any atom is 0.0755 e. The molecule has 3 heterocycles. The maximum atomic E-state index is 6.03. The van der Waals surface area contributed by atoms with Crippen LogP contribution in [0, 0.1) is 0 Å². The summed E-state index contributed by atoms with van der Waals surface area (Å²) in [4.78, 5) is 9.17. The van der Waals surface area contributed by atoms with Crippen LogP contribution < -0.4 is 0 Å². The molecule has 0 radical (unpaired) electrons. The highest BCUT2D eigenvalue weighted by atomic mass is 35.5. The van der Waals surface area contributed by atoms with Crippen molar-refractivity contribution in [1.82, 2.24) is 14.8 Å². The summed E-state index contributed by atoms with van der Waals surface area (Å²) in [6.07, 6.45) is 5.03. The number of ether oxygens (including phenoxy) is 2. The van der Waals surface area contributed by atoms with E-state index in [2.05, 4.69) is 14.8 Å². The number of piperidine rings is 1. The fraction of sp³-hybridized carbons (Fsp3) is 0.688. The second-order valence-corrected chi connectivity index (χ2v) is 6.48. The third-order valence-corrected chi connectivity index (χ3v) is 4.74. The Kier molecular flexibility index (Phi) is 5.66. The van der Waals surface area contributed by atoms with Crippen molar-refractivity contribution in [1.29, 1.82) is 0 Å². The summed E-state index contributed by atoms with van der Waals surface area (Å²) in [5, 5.41) is 0.704. The smallest absolute Gasteiger partial charge is 0.0755 e. The molecule has 2 saturated heterocycles. The van der Waals surface area contributed by atoms with Gasteiger partial charge in [0.15, 0.2) is 0 Å². The molecule has 0 spiro atoms. The van der Waals surface area contributed by atoms with Gasteiger partial charge in [-0.25, -0.2) is 0 Å². The van der Waals surface area contributed by atoms with Gasteiger partial charge in [-0.05, 0) is 18.1 Å². The van der Waals surface area contributed by atoms with Gasteiger partial charge in [-0.1, -0.05) is 11.6 Å². The minimum atomic E-state index is 0.361. The molecule has 0 aliphatic carbocycles. The van der Waals surface area contributed by atoms with Crippen LogP contribution in [-0.4, -0.2) is 73.4 Å². The number of methoxy groups -OCH3 is 1. The Morgan fingerprint density at radius 3 is 3.14 bits per heavy atom. The van der Waals surface area contributed by atoms with Crippen molar-refractivity contribution in [3.05, 3.63) is 29.0 Å². The fourth-order valence-electron chi connectivity index (χ4n) is 3.44. The molecule has 3 rings (SSSR count). The van der Waals surface area contributed by atoms with Gasteiger partial charge in [-0.2, -0.15) is 0 Å². The molecule has 6 heteroatoms. The normalized spacial score (nSPS) is 26.8. The molecule has 2 aliphatic heterocycles. The Morgan fingerprint density at radius 2 is 2.32 bits per heavy atom. The van der Waals surface area contributed by atoms with Crippen molar-refractivity contribution < 1.29 is 9.47 Å². The molecular weight excluding hydrogens is 302 g/mol. The average molecular weight is 326 g/mol. The molecule has 1 aromatic heterocycles. The van der Waals surface area contributed by atoms with Crippen molar-refractivity contribution in [3.8, 4) is 0 Å².